The van der Waals surface area contributed by atoms with Crippen LogP contribution in [0.25, 0.3) is 21.9 Å². The maximum Gasteiger partial charge on any atom is 0.253 e. The summed E-state index contributed by atoms with van der Waals surface area (Å²) in [5, 5.41) is 21.0. The SMILES string of the molecule is CCOCc1nc2c(N)nc3cc(CCCN4CCN(CCOCCOCCOCCN5C(=O)C=CC5=O)CC4)ccc3c2n1CC(C)(CO)CO. The second-order valence-electron chi connectivity index (χ2n) is 13.7. The van der Waals surface area contributed by atoms with Crippen molar-refractivity contribution in [3.8, 4) is 0 Å². The number of imide groups is 1. The molecule has 1 saturated heterocycles. The number of hydrogen-bond acceptors (Lipinski definition) is 13. The summed E-state index contributed by atoms with van der Waals surface area (Å²) in [6.45, 7) is 13.7. The number of aliphatic hydroxyl groups excluding tert-OH is 2. The lowest BCUT2D eigenvalue weighted by Crippen LogP contribution is -2.47. The van der Waals surface area contributed by atoms with Crippen molar-refractivity contribution in [2.75, 3.05) is 111 Å². The zero-order valence-electron chi connectivity index (χ0n) is 30.6. The predicted octanol–water partition coefficient (Wildman–Crippen LogP) is 1.22. The van der Waals surface area contributed by atoms with Crippen molar-refractivity contribution >= 4 is 39.6 Å². The van der Waals surface area contributed by atoms with E-state index in [1.54, 1.807) is 0 Å². The first kappa shape index (κ1) is 39.7. The van der Waals surface area contributed by atoms with Gasteiger partial charge in [0.25, 0.3) is 11.8 Å². The maximum absolute atomic E-state index is 11.5. The van der Waals surface area contributed by atoms with Crippen molar-refractivity contribution in [2.45, 2.75) is 39.8 Å². The van der Waals surface area contributed by atoms with Crippen molar-refractivity contribution in [1.82, 2.24) is 29.2 Å². The lowest BCUT2D eigenvalue weighted by Gasteiger charge is -2.34. The largest absolute Gasteiger partial charge is 0.396 e. The number of rotatable bonds is 23. The topological polar surface area (TPSA) is 178 Å². The molecule has 0 atom stereocenters. The van der Waals surface area contributed by atoms with Crippen LogP contribution in [0, 0.1) is 5.41 Å². The number of anilines is 1. The van der Waals surface area contributed by atoms with E-state index < -0.39 is 5.41 Å². The van der Waals surface area contributed by atoms with Crippen LogP contribution in [0.4, 0.5) is 5.82 Å². The van der Waals surface area contributed by atoms with E-state index in [0.29, 0.717) is 76.6 Å². The fourth-order valence-electron chi connectivity index (χ4n) is 6.45. The summed E-state index contributed by atoms with van der Waals surface area (Å²) >= 11 is 0. The van der Waals surface area contributed by atoms with Crippen molar-refractivity contribution in [2.24, 2.45) is 5.41 Å². The number of nitrogen functional groups attached to an aromatic ring is 1. The van der Waals surface area contributed by atoms with Gasteiger partial charge in [0.15, 0.2) is 5.82 Å². The number of fused-ring (bicyclic) bond motifs is 3. The van der Waals surface area contributed by atoms with E-state index >= 15 is 0 Å². The molecule has 52 heavy (non-hydrogen) atoms. The first-order valence-electron chi connectivity index (χ1n) is 18.3. The molecule has 3 aromatic rings. The van der Waals surface area contributed by atoms with E-state index in [-0.39, 0.29) is 31.6 Å². The molecular formula is C37H55N7O8. The molecule has 4 heterocycles. The highest BCUT2D eigenvalue weighted by Gasteiger charge is 2.28. The summed E-state index contributed by atoms with van der Waals surface area (Å²) in [5.74, 6) is 0.449. The van der Waals surface area contributed by atoms with Crippen LogP contribution in [0.1, 0.15) is 31.7 Å². The van der Waals surface area contributed by atoms with Crippen LogP contribution in [0.3, 0.4) is 0 Å². The van der Waals surface area contributed by atoms with E-state index in [4.69, 9.17) is 34.6 Å². The molecule has 2 amide bonds. The minimum absolute atomic E-state index is 0.171. The van der Waals surface area contributed by atoms with Gasteiger partial charge in [0, 0.05) is 68.8 Å². The summed E-state index contributed by atoms with van der Waals surface area (Å²) < 4.78 is 24.5. The van der Waals surface area contributed by atoms with E-state index in [1.807, 2.05) is 18.4 Å². The van der Waals surface area contributed by atoms with Gasteiger partial charge >= 0.3 is 0 Å². The Morgan fingerprint density at radius 3 is 2.08 bits per heavy atom. The number of aryl methyl sites for hydroxylation is 1. The van der Waals surface area contributed by atoms with Gasteiger partial charge in [0.1, 0.15) is 17.9 Å². The molecule has 0 saturated carbocycles. The number of aliphatic hydroxyl groups is 2. The van der Waals surface area contributed by atoms with Crippen LogP contribution in [0.2, 0.25) is 0 Å². The van der Waals surface area contributed by atoms with Gasteiger partial charge in [-0.2, -0.15) is 0 Å². The van der Waals surface area contributed by atoms with Crippen LogP contribution >= 0.6 is 0 Å². The number of piperazine rings is 1. The third-order valence-corrected chi connectivity index (χ3v) is 9.65. The number of pyridine rings is 1. The summed E-state index contributed by atoms with van der Waals surface area (Å²) in [6, 6.07) is 6.35. The normalized spacial score (nSPS) is 16.0. The molecule has 0 spiro atoms. The number of hydrogen-bond donors (Lipinski definition) is 3. The van der Waals surface area contributed by atoms with Gasteiger partial charge in [0.2, 0.25) is 0 Å². The number of nitrogens with two attached hydrogens (primary N) is 1. The molecule has 0 bridgehead atoms. The number of amides is 2. The Bertz CT molecular complexity index is 1630. The Balaban J connectivity index is 0.990. The van der Waals surface area contributed by atoms with E-state index in [2.05, 4.69) is 28.0 Å². The Hall–Kier alpha value is -3.54. The number of carbonyl (C=O) groups excluding carboxylic acids is 2. The van der Waals surface area contributed by atoms with Gasteiger partial charge < -0.3 is 44.4 Å². The molecule has 2 aromatic heterocycles. The smallest absolute Gasteiger partial charge is 0.253 e. The molecule has 15 nitrogen and oxygen atoms in total. The van der Waals surface area contributed by atoms with Gasteiger partial charge in [-0.25, -0.2) is 9.97 Å². The van der Waals surface area contributed by atoms with Crippen LogP contribution in [0.5, 0.6) is 0 Å². The molecule has 2 aliphatic rings. The molecule has 1 fully saturated rings. The van der Waals surface area contributed by atoms with Crippen LogP contribution < -0.4 is 5.73 Å². The van der Waals surface area contributed by atoms with Gasteiger partial charge in [-0.1, -0.05) is 19.1 Å². The quantitative estimate of drug-likeness (QED) is 0.0940. The molecule has 0 radical (unpaired) electrons. The number of imidazole rings is 1. The monoisotopic (exact) mass is 725 g/mol. The number of ether oxygens (including phenoxy) is 4. The maximum atomic E-state index is 11.5. The molecule has 0 aliphatic carbocycles. The average Bonchev–Trinajstić information content (AvgIpc) is 3.68. The third-order valence-electron chi connectivity index (χ3n) is 9.65. The van der Waals surface area contributed by atoms with E-state index in [1.165, 1.54) is 17.7 Å². The molecule has 4 N–H and O–H groups in total. The minimum atomic E-state index is -0.742. The van der Waals surface area contributed by atoms with Crippen LogP contribution in [-0.2, 0) is 48.1 Å². The number of benzene rings is 1. The zero-order valence-corrected chi connectivity index (χ0v) is 30.6. The molecule has 0 unspecified atom stereocenters. The lowest BCUT2D eigenvalue weighted by molar-refractivity contribution is -0.137. The minimum Gasteiger partial charge on any atom is -0.396 e. The van der Waals surface area contributed by atoms with Gasteiger partial charge in [-0.05, 0) is 37.9 Å². The summed E-state index contributed by atoms with van der Waals surface area (Å²) in [5.41, 5.74) is 9.16. The Morgan fingerprint density at radius 1 is 0.827 bits per heavy atom. The van der Waals surface area contributed by atoms with Crippen molar-refractivity contribution in [3.63, 3.8) is 0 Å². The Labute approximate surface area is 305 Å². The van der Waals surface area contributed by atoms with Crippen LogP contribution in [0.15, 0.2) is 30.4 Å². The third kappa shape index (κ3) is 10.5. The summed E-state index contributed by atoms with van der Waals surface area (Å²) in [7, 11) is 0. The summed E-state index contributed by atoms with van der Waals surface area (Å²) in [6.07, 6.45) is 4.50. The highest BCUT2D eigenvalue weighted by molar-refractivity contribution is 6.12. The van der Waals surface area contributed by atoms with Crippen LogP contribution in [-0.4, -0.2) is 157 Å². The van der Waals surface area contributed by atoms with Crippen molar-refractivity contribution in [1.29, 1.82) is 0 Å². The highest BCUT2D eigenvalue weighted by atomic mass is 16.5. The van der Waals surface area contributed by atoms with Crippen molar-refractivity contribution < 1.29 is 38.7 Å². The highest BCUT2D eigenvalue weighted by Crippen LogP contribution is 2.32. The Kier molecular flexibility index (Phi) is 14.9. The predicted molar refractivity (Wildman–Crippen MR) is 197 cm³/mol. The fraction of sp³-hybridized carbons (Fsp3) is 0.622. The molecule has 1 aromatic carbocycles. The van der Waals surface area contributed by atoms with Gasteiger partial charge in [-0.15, -0.1) is 0 Å². The van der Waals surface area contributed by atoms with Gasteiger partial charge in [-0.3, -0.25) is 19.4 Å². The Morgan fingerprint density at radius 2 is 1.44 bits per heavy atom. The number of aromatic nitrogens is 3. The van der Waals surface area contributed by atoms with Gasteiger partial charge in [0.05, 0.1) is 70.4 Å². The van der Waals surface area contributed by atoms with Crippen molar-refractivity contribution in [3.05, 3.63) is 41.7 Å². The number of nitrogens with zero attached hydrogens (tertiary/aromatic N) is 6. The molecule has 5 rings (SSSR count). The second kappa shape index (κ2) is 19.5. The fourth-order valence-corrected chi connectivity index (χ4v) is 6.45. The summed E-state index contributed by atoms with van der Waals surface area (Å²) in [4.78, 5) is 38.6. The number of carbonyl (C=O) groups is 2. The first-order valence-corrected chi connectivity index (χ1v) is 18.3. The zero-order chi connectivity index (χ0) is 36.9. The lowest BCUT2D eigenvalue weighted by atomic mass is 9.92. The molecular weight excluding hydrogens is 670 g/mol. The molecule has 15 heteroatoms. The van der Waals surface area contributed by atoms with E-state index in [0.717, 1.165) is 73.4 Å². The molecule has 286 valence electrons. The second-order valence-corrected chi connectivity index (χ2v) is 13.7. The molecule has 2 aliphatic heterocycles. The average molecular weight is 726 g/mol. The first-order chi connectivity index (χ1) is 25.2. The standard InChI is InChI=1S/C37H55N7O8/c1-3-49-24-31-40-34-35(44(31)25-37(2,26-45)27-46)29-7-6-28(23-30(29)39-36(34)38)5-4-10-41-11-13-42(14-12-41)15-17-50-19-21-52-22-20-51-18-16-43-32(47)8-9-33(43)48/h6-9,23,45-46H,3-5,10-22,24-27H2,1-2H3,(H2,38,39). The van der Waals surface area contributed by atoms with E-state index in [9.17, 15) is 19.8 Å².